The van der Waals surface area contributed by atoms with E-state index in [4.69, 9.17) is 10.5 Å². The van der Waals surface area contributed by atoms with Crippen LogP contribution in [-0.4, -0.2) is 25.1 Å². The van der Waals surface area contributed by atoms with E-state index >= 15 is 0 Å². The molecule has 0 aliphatic carbocycles. The van der Waals surface area contributed by atoms with Crippen LogP contribution < -0.4 is 10.5 Å². The summed E-state index contributed by atoms with van der Waals surface area (Å²) in [6.07, 6.45) is 0. The first-order chi connectivity index (χ1) is 9.33. The molecule has 1 heterocycles. The standard InChI is InChI=1S/C15H20N2OS/c1-18-15-7-3-2-5-13(15)11-17(9-8-16)12-14-6-4-10-19-14/h2-7,10H,8-9,11-12,16H2,1H3. The Hall–Kier alpha value is -1.36. The molecule has 2 N–H and O–H groups in total. The Bertz CT molecular complexity index is 485. The maximum absolute atomic E-state index is 5.71. The third kappa shape index (κ3) is 4.06. The number of hydrogen-bond acceptors (Lipinski definition) is 4. The van der Waals surface area contributed by atoms with Gasteiger partial charge in [-0.3, -0.25) is 4.90 Å². The lowest BCUT2D eigenvalue weighted by atomic mass is 10.2. The van der Waals surface area contributed by atoms with Crippen LogP contribution in [0.1, 0.15) is 10.4 Å². The number of nitrogens with zero attached hydrogens (tertiary/aromatic N) is 1. The summed E-state index contributed by atoms with van der Waals surface area (Å²) in [6.45, 7) is 3.35. The zero-order valence-corrected chi connectivity index (χ0v) is 12.0. The smallest absolute Gasteiger partial charge is 0.123 e. The van der Waals surface area contributed by atoms with E-state index in [9.17, 15) is 0 Å². The van der Waals surface area contributed by atoms with E-state index in [0.29, 0.717) is 6.54 Å². The number of thiophene rings is 1. The lowest BCUT2D eigenvalue weighted by Crippen LogP contribution is -2.28. The molecule has 0 unspecified atom stereocenters. The van der Waals surface area contributed by atoms with Gasteiger partial charge < -0.3 is 10.5 Å². The van der Waals surface area contributed by atoms with Gasteiger partial charge in [0.05, 0.1) is 7.11 Å². The van der Waals surface area contributed by atoms with Crippen LogP contribution in [0.3, 0.4) is 0 Å². The summed E-state index contributed by atoms with van der Waals surface area (Å²) in [5, 5.41) is 2.11. The summed E-state index contributed by atoms with van der Waals surface area (Å²) in [4.78, 5) is 3.72. The first-order valence-electron chi connectivity index (χ1n) is 6.40. The Morgan fingerprint density at radius 3 is 2.68 bits per heavy atom. The first-order valence-corrected chi connectivity index (χ1v) is 7.28. The van der Waals surface area contributed by atoms with Crippen LogP contribution in [0.4, 0.5) is 0 Å². The van der Waals surface area contributed by atoms with Crippen molar-refractivity contribution in [3.63, 3.8) is 0 Å². The monoisotopic (exact) mass is 276 g/mol. The summed E-state index contributed by atoms with van der Waals surface area (Å²) >= 11 is 1.78. The molecule has 1 aromatic heterocycles. The van der Waals surface area contributed by atoms with Crippen molar-refractivity contribution in [1.82, 2.24) is 4.90 Å². The molecule has 0 atom stereocenters. The third-order valence-electron chi connectivity index (χ3n) is 2.99. The highest BCUT2D eigenvalue weighted by molar-refractivity contribution is 7.09. The second-order valence-electron chi connectivity index (χ2n) is 4.39. The number of nitrogens with two attached hydrogens (primary N) is 1. The minimum absolute atomic E-state index is 0.667. The highest BCUT2D eigenvalue weighted by Crippen LogP contribution is 2.21. The molecule has 0 aliphatic heterocycles. The molecular formula is C15H20N2OS. The van der Waals surface area contributed by atoms with E-state index in [1.54, 1.807) is 18.4 Å². The van der Waals surface area contributed by atoms with Gasteiger partial charge >= 0.3 is 0 Å². The Balaban J connectivity index is 2.07. The van der Waals surface area contributed by atoms with Gasteiger partial charge in [0, 0.05) is 36.6 Å². The van der Waals surface area contributed by atoms with Crippen LogP contribution in [0.2, 0.25) is 0 Å². The lowest BCUT2D eigenvalue weighted by Gasteiger charge is -2.22. The van der Waals surface area contributed by atoms with E-state index < -0.39 is 0 Å². The fourth-order valence-electron chi connectivity index (χ4n) is 2.09. The highest BCUT2D eigenvalue weighted by Gasteiger charge is 2.10. The zero-order valence-electron chi connectivity index (χ0n) is 11.2. The van der Waals surface area contributed by atoms with Crippen molar-refractivity contribution in [2.24, 2.45) is 5.73 Å². The van der Waals surface area contributed by atoms with Crippen molar-refractivity contribution in [2.75, 3.05) is 20.2 Å². The lowest BCUT2D eigenvalue weighted by molar-refractivity contribution is 0.262. The average Bonchev–Trinajstić information content (AvgIpc) is 2.92. The summed E-state index contributed by atoms with van der Waals surface area (Å²) in [6, 6.07) is 12.4. The fourth-order valence-corrected chi connectivity index (χ4v) is 2.84. The molecule has 4 heteroatoms. The van der Waals surface area contributed by atoms with E-state index in [1.807, 2.05) is 18.2 Å². The van der Waals surface area contributed by atoms with Crippen LogP contribution in [0.25, 0.3) is 0 Å². The van der Waals surface area contributed by atoms with E-state index in [1.165, 1.54) is 10.4 Å². The second kappa shape index (κ2) is 7.28. The molecular weight excluding hydrogens is 256 g/mol. The van der Waals surface area contributed by atoms with Gasteiger partial charge in [-0.1, -0.05) is 24.3 Å². The van der Waals surface area contributed by atoms with E-state index in [2.05, 4.69) is 28.5 Å². The molecule has 3 nitrogen and oxygen atoms in total. The quantitative estimate of drug-likeness (QED) is 0.845. The molecule has 2 rings (SSSR count). The molecule has 19 heavy (non-hydrogen) atoms. The molecule has 102 valence electrons. The van der Waals surface area contributed by atoms with Gasteiger partial charge in [0.25, 0.3) is 0 Å². The SMILES string of the molecule is COc1ccccc1CN(CCN)Cc1cccs1. The Kier molecular flexibility index (Phi) is 5.39. The van der Waals surface area contributed by atoms with Gasteiger partial charge in [0.15, 0.2) is 0 Å². The van der Waals surface area contributed by atoms with Gasteiger partial charge in [-0.05, 0) is 17.5 Å². The minimum Gasteiger partial charge on any atom is -0.496 e. The average molecular weight is 276 g/mol. The van der Waals surface area contributed by atoms with Crippen molar-refractivity contribution in [2.45, 2.75) is 13.1 Å². The molecule has 1 aromatic carbocycles. The predicted molar refractivity (Wildman–Crippen MR) is 80.5 cm³/mol. The van der Waals surface area contributed by atoms with Crippen LogP contribution in [0.15, 0.2) is 41.8 Å². The van der Waals surface area contributed by atoms with Crippen molar-refractivity contribution >= 4 is 11.3 Å². The van der Waals surface area contributed by atoms with Crippen molar-refractivity contribution in [3.8, 4) is 5.75 Å². The summed E-state index contributed by atoms with van der Waals surface area (Å²) < 4.78 is 5.40. The van der Waals surface area contributed by atoms with Crippen LogP contribution >= 0.6 is 11.3 Å². The molecule has 0 saturated carbocycles. The highest BCUT2D eigenvalue weighted by atomic mass is 32.1. The van der Waals surface area contributed by atoms with Gasteiger partial charge in [-0.25, -0.2) is 0 Å². The molecule has 0 amide bonds. The van der Waals surface area contributed by atoms with Crippen LogP contribution in [-0.2, 0) is 13.1 Å². The maximum Gasteiger partial charge on any atom is 0.123 e. The first kappa shape index (κ1) is 14.1. The molecule has 2 aromatic rings. The molecule has 0 saturated heterocycles. The Morgan fingerprint density at radius 2 is 2.00 bits per heavy atom. The zero-order chi connectivity index (χ0) is 13.5. The number of ether oxygens (including phenoxy) is 1. The number of benzene rings is 1. The topological polar surface area (TPSA) is 38.5 Å². The van der Waals surface area contributed by atoms with Gasteiger partial charge in [0.1, 0.15) is 5.75 Å². The number of para-hydroxylation sites is 1. The van der Waals surface area contributed by atoms with Crippen LogP contribution in [0.5, 0.6) is 5.75 Å². The third-order valence-corrected chi connectivity index (χ3v) is 3.85. The van der Waals surface area contributed by atoms with E-state index in [-0.39, 0.29) is 0 Å². The molecule has 0 fully saturated rings. The van der Waals surface area contributed by atoms with E-state index in [0.717, 1.165) is 25.4 Å². The normalized spacial score (nSPS) is 10.9. The molecule has 0 spiro atoms. The predicted octanol–water partition coefficient (Wildman–Crippen LogP) is 2.72. The van der Waals surface area contributed by atoms with Crippen molar-refractivity contribution in [1.29, 1.82) is 0 Å². The number of rotatable bonds is 7. The van der Waals surface area contributed by atoms with Crippen molar-refractivity contribution < 1.29 is 4.74 Å². The maximum atomic E-state index is 5.71. The minimum atomic E-state index is 0.667. The van der Waals surface area contributed by atoms with Gasteiger partial charge in [0.2, 0.25) is 0 Å². The molecule has 0 aliphatic rings. The number of methoxy groups -OCH3 is 1. The molecule has 0 radical (unpaired) electrons. The summed E-state index contributed by atoms with van der Waals surface area (Å²) in [7, 11) is 1.71. The van der Waals surface area contributed by atoms with Crippen LogP contribution in [0, 0.1) is 0 Å². The second-order valence-corrected chi connectivity index (χ2v) is 5.42. The van der Waals surface area contributed by atoms with Crippen molar-refractivity contribution in [3.05, 3.63) is 52.2 Å². The summed E-state index contributed by atoms with van der Waals surface area (Å²) in [5.74, 6) is 0.940. The Morgan fingerprint density at radius 1 is 1.16 bits per heavy atom. The fraction of sp³-hybridized carbons (Fsp3) is 0.333. The number of hydrogen-bond donors (Lipinski definition) is 1. The molecule has 0 bridgehead atoms. The van der Waals surface area contributed by atoms with Gasteiger partial charge in [-0.15, -0.1) is 11.3 Å². The summed E-state index contributed by atoms with van der Waals surface area (Å²) in [5.41, 5.74) is 6.92. The largest absolute Gasteiger partial charge is 0.496 e. The van der Waals surface area contributed by atoms with Gasteiger partial charge in [-0.2, -0.15) is 0 Å². The Labute approximate surface area is 118 Å².